The second-order valence-electron chi connectivity index (χ2n) is 14.8. The number of hydrogen-bond donors (Lipinski definition) is 3. The lowest BCUT2D eigenvalue weighted by atomic mass is 9.90. The van der Waals surface area contributed by atoms with Crippen LogP contribution in [0.4, 0.5) is 11.6 Å². The summed E-state index contributed by atoms with van der Waals surface area (Å²) in [5.41, 5.74) is 1.18. The number of anilines is 2. The van der Waals surface area contributed by atoms with E-state index in [9.17, 15) is 9.59 Å². The molecule has 2 aromatic carbocycles. The van der Waals surface area contributed by atoms with Crippen LogP contribution in [0.3, 0.4) is 0 Å². The number of nitrogens with zero attached hydrogens (tertiary/aromatic N) is 6. The summed E-state index contributed by atoms with van der Waals surface area (Å²) in [6.07, 6.45) is 12.6. The number of nitrogens with one attached hydrogen (secondary N) is 3. The first kappa shape index (κ1) is 38.3. The SMILES string of the molecule is CCNC(=O)c1ccc2sc3ncnc(NC4CCC(N(C)C)CC4)c3c2c1.CN(C)C1CCC(Nc2ncnc3sc4ccc(C(=O)Cl)cc4c23)CC1. The van der Waals surface area contributed by atoms with E-state index in [-0.39, 0.29) is 5.91 Å². The largest absolute Gasteiger partial charge is 0.367 e. The summed E-state index contributed by atoms with van der Waals surface area (Å²) in [4.78, 5) is 48.3. The van der Waals surface area contributed by atoms with Crippen LogP contribution < -0.4 is 16.0 Å². The van der Waals surface area contributed by atoms with Crippen LogP contribution >= 0.6 is 34.3 Å². The van der Waals surface area contributed by atoms with Crippen LogP contribution in [0.2, 0.25) is 0 Å². The molecule has 0 saturated heterocycles. The number of aromatic nitrogens is 4. The van der Waals surface area contributed by atoms with Crippen molar-refractivity contribution in [1.82, 2.24) is 35.1 Å². The van der Waals surface area contributed by atoms with Crippen LogP contribution in [0.1, 0.15) is 79.0 Å². The molecule has 6 aromatic rings. The fourth-order valence-corrected chi connectivity index (χ4v) is 9.99. The highest BCUT2D eigenvalue weighted by molar-refractivity contribution is 7.26. The first-order valence-corrected chi connectivity index (χ1v) is 20.8. The second-order valence-corrected chi connectivity index (χ2v) is 17.2. The van der Waals surface area contributed by atoms with E-state index in [0.717, 1.165) is 77.9 Å². The van der Waals surface area contributed by atoms with Crippen LogP contribution in [0, 0.1) is 0 Å². The molecule has 8 rings (SSSR count). The monoisotopic (exact) mass is 785 g/mol. The number of amides is 1. The van der Waals surface area contributed by atoms with Crippen molar-refractivity contribution in [2.24, 2.45) is 0 Å². The maximum atomic E-state index is 12.3. The van der Waals surface area contributed by atoms with Crippen molar-refractivity contribution in [2.75, 3.05) is 45.4 Å². The van der Waals surface area contributed by atoms with Gasteiger partial charge in [-0.3, -0.25) is 9.59 Å². The molecule has 0 spiro atoms. The zero-order valence-electron chi connectivity index (χ0n) is 31.5. The zero-order valence-corrected chi connectivity index (χ0v) is 33.9. The molecule has 14 heteroatoms. The van der Waals surface area contributed by atoms with E-state index >= 15 is 0 Å². The molecule has 11 nitrogen and oxygen atoms in total. The van der Waals surface area contributed by atoms with Crippen LogP contribution in [-0.2, 0) is 0 Å². The van der Waals surface area contributed by atoms with E-state index < -0.39 is 5.24 Å². The summed E-state index contributed by atoms with van der Waals surface area (Å²) < 4.78 is 2.21. The predicted molar refractivity (Wildman–Crippen MR) is 225 cm³/mol. The third-order valence-corrected chi connectivity index (χ3v) is 13.3. The fourth-order valence-electron chi connectivity index (χ4n) is 7.82. The molecular weight excluding hydrogens is 738 g/mol. The Hall–Kier alpha value is -4.01. The van der Waals surface area contributed by atoms with Gasteiger partial charge in [-0.1, -0.05) is 0 Å². The van der Waals surface area contributed by atoms with E-state index in [1.807, 2.05) is 37.3 Å². The molecule has 4 aromatic heterocycles. The summed E-state index contributed by atoms with van der Waals surface area (Å²) in [5, 5.41) is 13.8. The molecule has 4 heterocycles. The molecule has 3 N–H and O–H groups in total. The van der Waals surface area contributed by atoms with Crippen molar-refractivity contribution < 1.29 is 9.59 Å². The smallest absolute Gasteiger partial charge is 0.252 e. The van der Waals surface area contributed by atoms with Gasteiger partial charge in [-0.05, 0) is 134 Å². The Morgan fingerprint density at radius 2 is 1.13 bits per heavy atom. The normalized spacial score (nSPS) is 20.4. The average molecular weight is 786 g/mol. The van der Waals surface area contributed by atoms with Crippen molar-refractivity contribution in [2.45, 2.75) is 82.5 Å². The number of fused-ring (bicyclic) bond motifs is 6. The molecule has 54 heavy (non-hydrogen) atoms. The quantitative estimate of drug-likeness (QED) is 0.123. The third-order valence-electron chi connectivity index (χ3n) is 10.9. The van der Waals surface area contributed by atoms with Crippen molar-refractivity contribution in [1.29, 1.82) is 0 Å². The van der Waals surface area contributed by atoms with Gasteiger partial charge in [-0.2, -0.15) is 0 Å². The highest BCUT2D eigenvalue weighted by Gasteiger charge is 2.25. The first-order valence-electron chi connectivity index (χ1n) is 18.8. The van der Waals surface area contributed by atoms with Gasteiger partial charge in [0.25, 0.3) is 11.1 Å². The molecule has 0 radical (unpaired) electrons. The number of carbonyl (C=O) groups excluding carboxylic acids is 2. The zero-order chi connectivity index (χ0) is 37.9. The van der Waals surface area contributed by atoms with E-state index in [2.05, 4.69) is 73.9 Å². The highest BCUT2D eigenvalue weighted by Crippen LogP contribution is 2.39. The summed E-state index contributed by atoms with van der Waals surface area (Å²) in [7, 11) is 8.63. The second kappa shape index (κ2) is 16.8. The lowest BCUT2D eigenvalue weighted by Gasteiger charge is -2.33. The molecule has 0 unspecified atom stereocenters. The molecule has 2 aliphatic rings. The first-order chi connectivity index (χ1) is 26.1. The number of benzene rings is 2. The highest BCUT2D eigenvalue weighted by atomic mass is 35.5. The van der Waals surface area contributed by atoms with Gasteiger partial charge in [-0.25, -0.2) is 19.9 Å². The molecule has 0 atom stereocenters. The van der Waals surface area contributed by atoms with E-state index in [1.165, 1.54) is 25.7 Å². The summed E-state index contributed by atoms with van der Waals surface area (Å²) in [5.74, 6) is 1.70. The Morgan fingerprint density at radius 3 is 1.56 bits per heavy atom. The van der Waals surface area contributed by atoms with Gasteiger partial charge < -0.3 is 25.8 Å². The Labute approximate surface area is 328 Å². The van der Waals surface area contributed by atoms with E-state index in [1.54, 1.807) is 41.4 Å². The van der Waals surface area contributed by atoms with Gasteiger partial charge in [-0.15, -0.1) is 22.7 Å². The predicted octanol–water partition coefficient (Wildman–Crippen LogP) is 8.39. The third kappa shape index (κ3) is 8.30. The van der Waals surface area contributed by atoms with Crippen LogP contribution in [0.15, 0.2) is 49.1 Å². The van der Waals surface area contributed by atoms with Gasteiger partial charge >= 0.3 is 0 Å². The maximum absolute atomic E-state index is 12.3. The van der Waals surface area contributed by atoms with Crippen molar-refractivity contribution >= 4 is 97.7 Å². The van der Waals surface area contributed by atoms with Gasteiger partial charge in [0.05, 0.1) is 10.8 Å². The summed E-state index contributed by atoms with van der Waals surface area (Å²) >= 11 is 8.93. The molecule has 2 aliphatic carbocycles. The van der Waals surface area contributed by atoms with Gasteiger partial charge in [0.15, 0.2) is 0 Å². The topological polar surface area (TPSA) is 128 Å². The van der Waals surface area contributed by atoms with Crippen molar-refractivity contribution in [3.05, 3.63) is 60.2 Å². The standard InChI is InChI=1S/C21H27N5OS.C19H21ClN4OS/c1-4-22-20(27)13-5-10-17-16(11-13)18-19(23-12-24-21(18)28-17)25-14-6-8-15(9-7-14)26(2)3;1-24(2)13-6-4-12(5-7-13)23-18-16-14-9-11(17(20)25)3-8-15(14)26-19(16)22-10-21-18/h5,10-12,14-15H,4,6-9H2,1-3H3,(H,22,27)(H,23,24,25);3,8-10,12-13H,4-7H2,1-2H3,(H,21,22,23). The maximum Gasteiger partial charge on any atom is 0.252 e. The number of halogens is 1. The number of carbonyl (C=O) groups is 2. The molecule has 0 aliphatic heterocycles. The Bertz CT molecular complexity index is 2270. The summed E-state index contributed by atoms with van der Waals surface area (Å²) in [6, 6.07) is 13.6. The molecular formula is C40H48ClN9O2S2. The number of hydrogen-bond acceptors (Lipinski definition) is 12. The average Bonchev–Trinajstić information content (AvgIpc) is 3.74. The minimum Gasteiger partial charge on any atom is -0.367 e. The van der Waals surface area contributed by atoms with Crippen molar-refractivity contribution in [3.63, 3.8) is 0 Å². The molecule has 284 valence electrons. The van der Waals surface area contributed by atoms with Gasteiger partial charge in [0, 0.05) is 62.0 Å². The van der Waals surface area contributed by atoms with E-state index in [0.29, 0.717) is 41.8 Å². The molecule has 2 fully saturated rings. The van der Waals surface area contributed by atoms with Crippen LogP contribution in [0.5, 0.6) is 0 Å². The van der Waals surface area contributed by atoms with Gasteiger partial charge in [0.2, 0.25) is 0 Å². The Kier molecular flexibility index (Phi) is 11.9. The van der Waals surface area contributed by atoms with Crippen LogP contribution in [-0.4, -0.2) is 99.8 Å². The summed E-state index contributed by atoms with van der Waals surface area (Å²) in [6.45, 7) is 2.55. The Balaban J connectivity index is 0.000000167. The molecule has 0 bridgehead atoms. The fraction of sp³-hybridized carbons (Fsp3) is 0.450. The molecule has 1 amide bonds. The Morgan fingerprint density at radius 1 is 0.685 bits per heavy atom. The molecule has 2 saturated carbocycles. The number of thiophene rings is 2. The minimum absolute atomic E-state index is 0.0443. The number of rotatable bonds is 9. The van der Waals surface area contributed by atoms with E-state index in [4.69, 9.17) is 11.6 Å². The lowest BCUT2D eigenvalue weighted by Crippen LogP contribution is -2.36. The minimum atomic E-state index is -0.445. The van der Waals surface area contributed by atoms with Crippen molar-refractivity contribution in [3.8, 4) is 0 Å². The lowest BCUT2D eigenvalue weighted by molar-refractivity contribution is 0.0955. The van der Waals surface area contributed by atoms with Crippen LogP contribution in [0.25, 0.3) is 40.6 Å². The van der Waals surface area contributed by atoms with Gasteiger partial charge in [0.1, 0.15) is 34.0 Å².